The molecule has 3 nitrogen and oxygen atoms in total. The molecule has 0 saturated heterocycles. The molecule has 0 bridgehead atoms. The van der Waals surface area contributed by atoms with E-state index in [-0.39, 0.29) is 6.04 Å². The number of nitrogens with two attached hydrogens (primary N) is 1. The van der Waals surface area contributed by atoms with Crippen LogP contribution in [0.1, 0.15) is 50.5 Å². The lowest BCUT2D eigenvalue weighted by atomic mass is 9.73. The molecule has 0 radical (unpaired) electrons. The maximum atomic E-state index is 6.25. The van der Waals surface area contributed by atoms with Gasteiger partial charge in [0.1, 0.15) is 0 Å². The lowest BCUT2D eigenvalue weighted by Gasteiger charge is -2.39. The van der Waals surface area contributed by atoms with Gasteiger partial charge in [0, 0.05) is 11.7 Å². The predicted molar refractivity (Wildman–Crippen MR) is 66.3 cm³/mol. The third-order valence-electron chi connectivity index (χ3n) is 3.77. The SMILES string of the molecule is Cc1cc(C)n(C2CC(C)(C)CCC2N)n1. The maximum Gasteiger partial charge on any atom is 0.0678 e. The molecule has 1 saturated carbocycles. The largest absolute Gasteiger partial charge is 0.326 e. The van der Waals surface area contributed by atoms with Crippen molar-refractivity contribution < 1.29 is 0 Å². The number of hydrogen-bond donors (Lipinski definition) is 1. The van der Waals surface area contributed by atoms with Crippen LogP contribution in [0.25, 0.3) is 0 Å². The van der Waals surface area contributed by atoms with Gasteiger partial charge in [0.25, 0.3) is 0 Å². The van der Waals surface area contributed by atoms with Gasteiger partial charge in [-0.2, -0.15) is 5.10 Å². The normalized spacial score (nSPS) is 29.3. The molecule has 1 heterocycles. The van der Waals surface area contributed by atoms with Gasteiger partial charge >= 0.3 is 0 Å². The van der Waals surface area contributed by atoms with Gasteiger partial charge < -0.3 is 5.73 Å². The first-order valence-electron chi connectivity index (χ1n) is 6.17. The van der Waals surface area contributed by atoms with E-state index in [0.717, 1.165) is 18.5 Å². The summed E-state index contributed by atoms with van der Waals surface area (Å²) in [6.07, 6.45) is 3.47. The molecule has 1 aromatic rings. The third-order valence-corrected chi connectivity index (χ3v) is 3.77. The smallest absolute Gasteiger partial charge is 0.0678 e. The molecule has 2 atom stereocenters. The van der Waals surface area contributed by atoms with Crippen molar-refractivity contribution in [1.29, 1.82) is 0 Å². The minimum Gasteiger partial charge on any atom is -0.326 e. The highest BCUT2D eigenvalue weighted by molar-refractivity contribution is 5.09. The van der Waals surface area contributed by atoms with Crippen molar-refractivity contribution in [1.82, 2.24) is 9.78 Å². The molecule has 2 N–H and O–H groups in total. The van der Waals surface area contributed by atoms with E-state index in [1.807, 2.05) is 6.92 Å². The van der Waals surface area contributed by atoms with Crippen LogP contribution in [-0.4, -0.2) is 15.8 Å². The summed E-state index contributed by atoms with van der Waals surface area (Å²) in [6, 6.07) is 2.76. The lowest BCUT2D eigenvalue weighted by Crippen LogP contribution is -2.41. The second kappa shape index (κ2) is 3.88. The van der Waals surface area contributed by atoms with Crippen molar-refractivity contribution in [2.24, 2.45) is 11.1 Å². The quantitative estimate of drug-likeness (QED) is 0.792. The van der Waals surface area contributed by atoms with Crippen molar-refractivity contribution in [3.63, 3.8) is 0 Å². The fourth-order valence-corrected chi connectivity index (χ4v) is 2.82. The van der Waals surface area contributed by atoms with E-state index in [1.165, 1.54) is 12.1 Å². The Morgan fingerprint density at radius 2 is 2.12 bits per heavy atom. The molecule has 0 aromatic carbocycles. The van der Waals surface area contributed by atoms with Gasteiger partial charge in [0.15, 0.2) is 0 Å². The van der Waals surface area contributed by atoms with Crippen LogP contribution in [0.5, 0.6) is 0 Å². The van der Waals surface area contributed by atoms with E-state index in [9.17, 15) is 0 Å². The van der Waals surface area contributed by atoms with E-state index in [4.69, 9.17) is 5.73 Å². The van der Waals surface area contributed by atoms with Gasteiger partial charge in [-0.1, -0.05) is 13.8 Å². The summed E-state index contributed by atoms with van der Waals surface area (Å²) in [5, 5.41) is 4.59. The Kier molecular flexibility index (Phi) is 2.82. The molecule has 3 heteroatoms. The average molecular weight is 221 g/mol. The van der Waals surface area contributed by atoms with Crippen LogP contribution in [0.3, 0.4) is 0 Å². The van der Waals surface area contributed by atoms with Crippen LogP contribution >= 0.6 is 0 Å². The highest BCUT2D eigenvalue weighted by Crippen LogP contribution is 2.40. The molecular weight excluding hydrogens is 198 g/mol. The van der Waals surface area contributed by atoms with Crippen LogP contribution in [0, 0.1) is 19.3 Å². The zero-order valence-electron chi connectivity index (χ0n) is 10.8. The number of nitrogens with zero attached hydrogens (tertiary/aromatic N) is 2. The van der Waals surface area contributed by atoms with Gasteiger partial charge in [-0.3, -0.25) is 4.68 Å². The van der Waals surface area contributed by atoms with Crippen molar-refractivity contribution in [2.45, 2.75) is 59.0 Å². The Hall–Kier alpha value is -0.830. The second-order valence-corrected chi connectivity index (χ2v) is 6.01. The van der Waals surface area contributed by atoms with Crippen LogP contribution in [-0.2, 0) is 0 Å². The molecule has 2 rings (SSSR count). The van der Waals surface area contributed by atoms with Gasteiger partial charge in [0.05, 0.1) is 11.7 Å². The molecule has 16 heavy (non-hydrogen) atoms. The van der Waals surface area contributed by atoms with Crippen molar-refractivity contribution in [2.75, 3.05) is 0 Å². The summed E-state index contributed by atoms with van der Waals surface area (Å²) in [7, 11) is 0. The summed E-state index contributed by atoms with van der Waals surface area (Å²) in [5.74, 6) is 0. The van der Waals surface area contributed by atoms with Crippen LogP contribution < -0.4 is 5.73 Å². The second-order valence-electron chi connectivity index (χ2n) is 6.01. The minimum atomic E-state index is 0.256. The van der Waals surface area contributed by atoms with E-state index < -0.39 is 0 Å². The van der Waals surface area contributed by atoms with Gasteiger partial charge in [-0.15, -0.1) is 0 Å². The molecule has 0 amide bonds. The summed E-state index contributed by atoms with van der Waals surface area (Å²) in [6.45, 7) is 8.83. The third kappa shape index (κ3) is 2.14. The fourth-order valence-electron chi connectivity index (χ4n) is 2.82. The molecule has 0 spiro atoms. The predicted octanol–water partition coefficient (Wildman–Crippen LogP) is 2.58. The van der Waals surface area contributed by atoms with Gasteiger partial charge in [0.2, 0.25) is 0 Å². The van der Waals surface area contributed by atoms with E-state index >= 15 is 0 Å². The summed E-state index contributed by atoms with van der Waals surface area (Å²) in [5.41, 5.74) is 8.97. The molecule has 1 fully saturated rings. The number of rotatable bonds is 1. The first-order chi connectivity index (χ1) is 7.39. The van der Waals surface area contributed by atoms with Crippen molar-refractivity contribution in [3.8, 4) is 0 Å². The molecule has 1 aliphatic rings. The Bertz CT molecular complexity index is 379. The molecule has 1 aliphatic carbocycles. The Morgan fingerprint density at radius 1 is 1.44 bits per heavy atom. The fraction of sp³-hybridized carbons (Fsp3) is 0.769. The monoisotopic (exact) mass is 221 g/mol. The minimum absolute atomic E-state index is 0.256. The average Bonchev–Trinajstić information content (AvgIpc) is 2.50. The zero-order valence-corrected chi connectivity index (χ0v) is 10.8. The molecule has 1 aromatic heterocycles. The van der Waals surface area contributed by atoms with Crippen molar-refractivity contribution in [3.05, 3.63) is 17.5 Å². The first-order valence-corrected chi connectivity index (χ1v) is 6.17. The Balaban J connectivity index is 2.28. The first kappa shape index (κ1) is 11.6. The lowest BCUT2D eigenvalue weighted by molar-refractivity contribution is 0.151. The Labute approximate surface area is 98.0 Å². The summed E-state index contributed by atoms with van der Waals surface area (Å²) < 4.78 is 2.14. The van der Waals surface area contributed by atoms with E-state index in [1.54, 1.807) is 0 Å². The maximum absolute atomic E-state index is 6.25. The highest BCUT2D eigenvalue weighted by Gasteiger charge is 2.34. The van der Waals surface area contributed by atoms with E-state index in [2.05, 4.69) is 36.6 Å². The number of hydrogen-bond acceptors (Lipinski definition) is 2. The van der Waals surface area contributed by atoms with Crippen LogP contribution in [0.4, 0.5) is 0 Å². The summed E-state index contributed by atoms with van der Waals surface area (Å²) >= 11 is 0. The molecular formula is C13H23N3. The Morgan fingerprint density at radius 3 is 2.69 bits per heavy atom. The molecule has 2 unspecified atom stereocenters. The number of aromatic nitrogens is 2. The zero-order chi connectivity index (χ0) is 11.9. The standard InChI is InChI=1S/C13H23N3/c1-9-7-10(2)16(15-9)12-8-13(3,4)6-5-11(12)14/h7,11-12H,5-6,8,14H2,1-4H3. The van der Waals surface area contributed by atoms with Gasteiger partial charge in [-0.05, 0) is 44.6 Å². The molecule has 90 valence electrons. The van der Waals surface area contributed by atoms with E-state index in [0.29, 0.717) is 11.5 Å². The van der Waals surface area contributed by atoms with Crippen LogP contribution in [0.2, 0.25) is 0 Å². The summed E-state index contributed by atoms with van der Waals surface area (Å²) in [4.78, 5) is 0. The topological polar surface area (TPSA) is 43.8 Å². The number of aryl methyl sites for hydroxylation is 2. The van der Waals surface area contributed by atoms with Gasteiger partial charge in [-0.25, -0.2) is 0 Å². The van der Waals surface area contributed by atoms with Crippen molar-refractivity contribution >= 4 is 0 Å². The molecule has 0 aliphatic heterocycles. The highest BCUT2D eigenvalue weighted by atomic mass is 15.3. The van der Waals surface area contributed by atoms with Crippen LogP contribution in [0.15, 0.2) is 6.07 Å².